The molecule has 1 aliphatic heterocycles. The van der Waals surface area contributed by atoms with Gasteiger partial charge in [0.2, 0.25) is 11.8 Å². The average Bonchev–Trinajstić information content (AvgIpc) is 3.33. The molecule has 0 radical (unpaired) electrons. The molecular weight excluding hydrogens is 500 g/mol. The number of piperazine rings is 1. The first-order valence-electron chi connectivity index (χ1n) is 12.5. The number of ether oxygens (including phenoxy) is 1. The second-order valence-corrected chi connectivity index (χ2v) is 10.1. The molecular formula is C28H26N6O3S. The number of benzene rings is 2. The second kappa shape index (κ2) is 9.96. The Morgan fingerprint density at radius 3 is 2.29 bits per heavy atom. The zero-order chi connectivity index (χ0) is 26.2. The summed E-state index contributed by atoms with van der Waals surface area (Å²) < 4.78 is 6.83. The van der Waals surface area contributed by atoms with E-state index in [1.807, 2.05) is 50.2 Å². The lowest BCUT2D eigenvalue weighted by Gasteiger charge is -2.27. The molecule has 0 bridgehead atoms. The van der Waals surface area contributed by atoms with Crippen molar-refractivity contribution in [2.75, 3.05) is 37.7 Å². The van der Waals surface area contributed by atoms with Gasteiger partial charge in [-0.25, -0.2) is 19.7 Å². The first-order chi connectivity index (χ1) is 18.5. The summed E-state index contributed by atoms with van der Waals surface area (Å²) in [7, 11) is 0. The number of aromatic nitrogens is 4. The van der Waals surface area contributed by atoms with Crippen LogP contribution in [0, 0.1) is 6.92 Å². The molecule has 1 saturated heterocycles. The molecule has 192 valence electrons. The van der Waals surface area contributed by atoms with Crippen molar-refractivity contribution in [1.82, 2.24) is 25.3 Å². The highest BCUT2D eigenvalue weighted by atomic mass is 32.1. The van der Waals surface area contributed by atoms with Gasteiger partial charge in [0.05, 0.1) is 23.3 Å². The standard InChI is InChI=1S/C28H26N6O3S/c1-3-37-25-23-22(31-28(33-25)34-14-12-29-13-15-34)21-16(2)30-24(32-26(21)38-23)19-8-4-17(5-9-19)18-6-10-20(11-7-18)27(35)36/h4-11,29H,3,12-15H2,1-2H3,(H,35,36). The predicted molar refractivity (Wildman–Crippen MR) is 149 cm³/mol. The molecule has 6 rings (SSSR count). The number of carboxylic acid groups (broad SMARTS) is 1. The molecule has 2 aromatic carbocycles. The monoisotopic (exact) mass is 526 g/mol. The van der Waals surface area contributed by atoms with Crippen molar-refractivity contribution in [3.05, 3.63) is 59.8 Å². The van der Waals surface area contributed by atoms with Crippen LogP contribution in [0.25, 0.3) is 42.9 Å². The maximum Gasteiger partial charge on any atom is 0.335 e. The summed E-state index contributed by atoms with van der Waals surface area (Å²) >= 11 is 1.53. The third-order valence-corrected chi connectivity index (χ3v) is 7.66. The number of hydrogen-bond acceptors (Lipinski definition) is 9. The Bertz CT molecular complexity index is 1640. The Hall–Kier alpha value is -4.15. The highest BCUT2D eigenvalue weighted by molar-refractivity contribution is 7.25. The minimum Gasteiger partial charge on any atom is -0.478 e. The van der Waals surface area contributed by atoms with Crippen molar-refractivity contribution in [3.8, 4) is 28.4 Å². The van der Waals surface area contributed by atoms with Crippen LogP contribution in [0.15, 0.2) is 48.5 Å². The van der Waals surface area contributed by atoms with Crippen molar-refractivity contribution >= 4 is 43.7 Å². The van der Waals surface area contributed by atoms with Crippen molar-refractivity contribution in [2.24, 2.45) is 0 Å². The van der Waals surface area contributed by atoms with Gasteiger partial charge in [-0.05, 0) is 37.1 Å². The van der Waals surface area contributed by atoms with Gasteiger partial charge >= 0.3 is 5.97 Å². The minimum absolute atomic E-state index is 0.267. The van der Waals surface area contributed by atoms with Crippen LogP contribution in [0.2, 0.25) is 0 Å². The average molecular weight is 527 g/mol. The number of nitrogens with one attached hydrogen (secondary N) is 1. The fraction of sp³-hybridized carbons (Fsp3) is 0.250. The fourth-order valence-electron chi connectivity index (χ4n) is 4.66. The minimum atomic E-state index is -0.935. The topological polar surface area (TPSA) is 113 Å². The first-order valence-corrected chi connectivity index (χ1v) is 13.3. The molecule has 0 spiro atoms. The Balaban J connectivity index is 1.39. The summed E-state index contributed by atoms with van der Waals surface area (Å²) in [5, 5.41) is 13.4. The van der Waals surface area contributed by atoms with Crippen molar-refractivity contribution < 1.29 is 14.6 Å². The summed E-state index contributed by atoms with van der Waals surface area (Å²) in [5.74, 6) is 0.976. The largest absolute Gasteiger partial charge is 0.478 e. The van der Waals surface area contributed by atoms with Crippen LogP contribution in [0.3, 0.4) is 0 Å². The van der Waals surface area contributed by atoms with Crippen LogP contribution in [-0.4, -0.2) is 63.8 Å². The summed E-state index contributed by atoms with van der Waals surface area (Å²) in [6, 6.07) is 14.8. The fourth-order valence-corrected chi connectivity index (χ4v) is 5.76. The summed E-state index contributed by atoms with van der Waals surface area (Å²) in [4.78, 5) is 33.7. The van der Waals surface area contributed by atoms with Crippen LogP contribution in [0.4, 0.5) is 5.95 Å². The van der Waals surface area contributed by atoms with Gasteiger partial charge in [0.1, 0.15) is 15.0 Å². The molecule has 0 aliphatic carbocycles. The summed E-state index contributed by atoms with van der Waals surface area (Å²) in [6.45, 7) is 7.95. The normalized spacial score (nSPS) is 13.8. The Kier molecular flexibility index (Phi) is 6.34. The summed E-state index contributed by atoms with van der Waals surface area (Å²) in [6.07, 6.45) is 0. The van der Waals surface area contributed by atoms with Crippen LogP contribution >= 0.6 is 11.3 Å². The third kappa shape index (κ3) is 4.42. The van der Waals surface area contributed by atoms with Gasteiger partial charge in [0.25, 0.3) is 0 Å². The zero-order valence-electron chi connectivity index (χ0n) is 21.1. The van der Waals surface area contributed by atoms with Crippen LogP contribution < -0.4 is 15.0 Å². The molecule has 4 heterocycles. The number of hydrogen-bond donors (Lipinski definition) is 2. The van der Waals surface area contributed by atoms with Crippen molar-refractivity contribution in [2.45, 2.75) is 13.8 Å². The zero-order valence-corrected chi connectivity index (χ0v) is 21.9. The maximum atomic E-state index is 11.1. The second-order valence-electron chi connectivity index (χ2n) is 9.05. The van der Waals surface area contributed by atoms with E-state index in [0.717, 1.165) is 69.0 Å². The quantitative estimate of drug-likeness (QED) is 0.323. The smallest absolute Gasteiger partial charge is 0.335 e. The SMILES string of the molecule is CCOc1nc(N2CCNCC2)nc2c1sc1nc(-c3ccc(-c4ccc(C(=O)O)cc4)cc3)nc(C)c12. The van der Waals surface area contributed by atoms with Crippen LogP contribution in [0.5, 0.6) is 5.88 Å². The van der Waals surface area contributed by atoms with E-state index in [9.17, 15) is 4.79 Å². The number of carbonyl (C=O) groups is 1. The number of nitrogens with zero attached hydrogens (tertiary/aromatic N) is 5. The van der Waals surface area contributed by atoms with Crippen LogP contribution in [-0.2, 0) is 0 Å². The highest BCUT2D eigenvalue weighted by Gasteiger charge is 2.22. The first kappa shape index (κ1) is 24.2. The van der Waals surface area contributed by atoms with Crippen molar-refractivity contribution in [3.63, 3.8) is 0 Å². The molecule has 0 atom stereocenters. The molecule has 0 amide bonds. The molecule has 5 aromatic rings. The third-order valence-electron chi connectivity index (χ3n) is 6.60. The highest BCUT2D eigenvalue weighted by Crippen LogP contribution is 2.39. The van der Waals surface area contributed by atoms with E-state index in [4.69, 9.17) is 29.8 Å². The lowest BCUT2D eigenvalue weighted by atomic mass is 10.0. The van der Waals surface area contributed by atoms with E-state index >= 15 is 0 Å². The predicted octanol–water partition coefficient (Wildman–Crippen LogP) is 4.78. The molecule has 0 unspecified atom stereocenters. The van der Waals surface area contributed by atoms with Gasteiger partial charge in [-0.3, -0.25) is 0 Å². The molecule has 9 nitrogen and oxygen atoms in total. The van der Waals surface area contributed by atoms with E-state index in [2.05, 4.69) is 10.2 Å². The lowest BCUT2D eigenvalue weighted by Crippen LogP contribution is -2.44. The maximum absolute atomic E-state index is 11.1. The van der Waals surface area contributed by atoms with E-state index < -0.39 is 5.97 Å². The van der Waals surface area contributed by atoms with Gasteiger partial charge < -0.3 is 20.1 Å². The number of rotatable bonds is 6. The van der Waals surface area contributed by atoms with E-state index in [1.165, 1.54) is 11.3 Å². The Labute approximate surface area is 223 Å². The number of anilines is 1. The van der Waals surface area contributed by atoms with Crippen LogP contribution in [0.1, 0.15) is 23.0 Å². The number of thiophene rings is 1. The lowest BCUT2D eigenvalue weighted by molar-refractivity contribution is 0.0697. The van der Waals surface area contributed by atoms with Gasteiger partial charge in [-0.1, -0.05) is 36.4 Å². The van der Waals surface area contributed by atoms with E-state index in [-0.39, 0.29) is 5.56 Å². The Morgan fingerprint density at radius 1 is 0.974 bits per heavy atom. The van der Waals surface area contributed by atoms with Gasteiger partial charge in [-0.15, -0.1) is 11.3 Å². The molecule has 10 heteroatoms. The molecule has 1 aliphatic rings. The number of fused-ring (bicyclic) bond motifs is 3. The number of aryl methyl sites for hydroxylation is 1. The number of carboxylic acids is 1. The van der Waals surface area contributed by atoms with Gasteiger partial charge in [0, 0.05) is 31.7 Å². The van der Waals surface area contributed by atoms with Gasteiger partial charge in [0.15, 0.2) is 5.82 Å². The molecule has 1 fully saturated rings. The molecule has 38 heavy (non-hydrogen) atoms. The molecule has 0 saturated carbocycles. The number of aromatic carboxylic acids is 1. The van der Waals surface area contributed by atoms with E-state index in [1.54, 1.807) is 12.1 Å². The molecule has 2 N–H and O–H groups in total. The molecule has 3 aromatic heterocycles. The van der Waals surface area contributed by atoms with Gasteiger partial charge in [-0.2, -0.15) is 4.98 Å². The Morgan fingerprint density at radius 2 is 1.63 bits per heavy atom. The summed E-state index contributed by atoms with van der Waals surface area (Å²) in [5.41, 5.74) is 4.79. The van der Waals surface area contributed by atoms with Crippen molar-refractivity contribution in [1.29, 1.82) is 0 Å². The van der Waals surface area contributed by atoms with E-state index in [0.29, 0.717) is 24.3 Å².